The lowest BCUT2D eigenvalue weighted by atomic mass is 9.54. The van der Waals surface area contributed by atoms with Crippen LogP contribution in [-0.4, -0.2) is 19.3 Å². The fraction of sp³-hybridized carbons (Fsp3) is 0.647. The van der Waals surface area contributed by atoms with Gasteiger partial charge in [0.05, 0.1) is 13.2 Å². The molecule has 0 amide bonds. The first-order valence-electron chi connectivity index (χ1n) is 7.99. The smallest absolute Gasteiger partial charge is 0.184 e. The van der Waals surface area contributed by atoms with Crippen LogP contribution in [0.25, 0.3) is 0 Å². The Morgan fingerprint density at radius 2 is 1.95 bits per heavy atom. The van der Waals surface area contributed by atoms with Crippen LogP contribution < -0.4 is 5.32 Å². The number of benzene rings is 1. The van der Waals surface area contributed by atoms with Gasteiger partial charge in [0.15, 0.2) is 6.29 Å². The van der Waals surface area contributed by atoms with Gasteiger partial charge in [0.1, 0.15) is 5.82 Å². The summed E-state index contributed by atoms with van der Waals surface area (Å²) in [6.07, 6.45) is 6.39. The summed E-state index contributed by atoms with van der Waals surface area (Å²) in [5, 5.41) is 3.50. The Bertz CT molecular complexity index is 516. The molecular weight excluding hydrogens is 269 g/mol. The van der Waals surface area contributed by atoms with Gasteiger partial charge < -0.3 is 14.8 Å². The molecule has 2 aliphatic carbocycles. The van der Waals surface area contributed by atoms with Crippen molar-refractivity contribution in [3.05, 3.63) is 35.1 Å². The molecule has 1 spiro atoms. The lowest BCUT2D eigenvalue weighted by molar-refractivity contribution is -0.0442. The molecule has 1 aromatic rings. The average molecular weight is 291 g/mol. The van der Waals surface area contributed by atoms with Crippen LogP contribution in [0.1, 0.15) is 49.5 Å². The van der Waals surface area contributed by atoms with E-state index in [1.54, 1.807) is 6.07 Å². The lowest BCUT2D eigenvalue weighted by Crippen LogP contribution is -2.51. The Hall–Kier alpha value is -0.970. The van der Waals surface area contributed by atoms with Crippen LogP contribution in [0.5, 0.6) is 0 Å². The van der Waals surface area contributed by atoms with Gasteiger partial charge in [-0.3, -0.25) is 0 Å². The van der Waals surface area contributed by atoms with Crippen molar-refractivity contribution in [3.8, 4) is 0 Å². The van der Waals surface area contributed by atoms with Gasteiger partial charge in [0.2, 0.25) is 0 Å². The van der Waals surface area contributed by atoms with Gasteiger partial charge in [0, 0.05) is 23.7 Å². The number of rotatable bonds is 4. The first-order valence-corrected chi connectivity index (χ1v) is 7.99. The molecule has 0 bridgehead atoms. The maximum Gasteiger partial charge on any atom is 0.184 e. The molecule has 0 atom stereocenters. The quantitative estimate of drug-likeness (QED) is 0.923. The topological polar surface area (TPSA) is 30.5 Å². The Kier molecular flexibility index (Phi) is 3.48. The molecule has 3 aliphatic rings. The molecule has 2 saturated carbocycles. The van der Waals surface area contributed by atoms with E-state index in [-0.39, 0.29) is 12.1 Å². The molecule has 21 heavy (non-hydrogen) atoms. The first-order chi connectivity index (χ1) is 10.2. The second kappa shape index (κ2) is 5.34. The van der Waals surface area contributed by atoms with Crippen LogP contribution in [0, 0.1) is 11.2 Å². The lowest BCUT2D eigenvalue weighted by Gasteiger charge is -2.54. The van der Waals surface area contributed by atoms with Crippen molar-refractivity contribution in [2.24, 2.45) is 5.41 Å². The SMILES string of the molecule is Fc1ccc(C2OCCO2)cc1CNC1CC2(CCC2)C1. The van der Waals surface area contributed by atoms with E-state index in [1.165, 1.54) is 38.2 Å². The number of nitrogens with one attached hydrogen (secondary N) is 1. The Labute approximate surface area is 124 Å². The van der Waals surface area contributed by atoms with Gasteiger partial charge in [-0.05, 0) is 43.2 Å². The highest BCUT2D eigenvalue weighted by atomic mass is 19.1. The van der Waals surface area contributed by atoms with Crippen molar-refractivity contribution in [1.82, 2.24) is 5.32 Å². The standard InChI is InChI=1S/C17H22FNO2/c18-15-3-2-12(16-20-6-7-21-16)8-13(15)11-19-14-9-17(10-14)4-1-5-17/h2-3,8,14,16,19H,1,4-7,9-11H2. The Balaban J connectivity index is 1.36. The van der Waals surface area contributed by atoms with E-state index >= 15 is 0 Å². The van der Waals surface area contributed by atoms with Crippen molar-refractivity contribution in [1.29, 1.82) is 0 Å². The zero-order chi connectivity index (χ0) is 14.3. The monoisotopic (exact) mass is 291 g/mol. The van der Waals surface area contributed by atoms with E-state index in [1.807, 2.05) is 6.07 Å². The number of hydrogen-bond acceptors (Lipinski definition) is 3. The number of hydrogen-bond donors (Lipinski definition) is 1. The normalized spacial score (nSPS) is 25.0. The average Bonchev–Trinajstić information content (AvgIpc) is 2.91. The third-order valence-electron chi connectivity index (χ3n) is 5.32. The highest BCUT2D eigenvalue weighted by molar-refractivity contribution is 5.26. The van der Waals surface area contributed by atoms with Crippen molar-refractivity contribution in [2.45, 2.75) is 51.0 Å². The molecule has 114 valence electrons. The second-order valence-electron chi connectivity index (χ2n) is 6.76. The van der Waals surface area contributed by atoms with Crippen molar-refractivity contribution in [2.75, 3.05) is 13.2 Å². The van der Waals surface area contributed by atoms with Crippen LogP contribution in [-0.2, 0) is 16.0 Å². The van der Waals surface area contributed by atoms with E-state index < -0.39 is 0 Å². The molecule has 0 aromatic heterocycles. The summed E-state index contributed by atoms with van der Waals surface area (Å²) >= 11 is 0. The van der Waals surface area contributed by atoms with E-state index in [9.17, 15) is 4.39 Å². The maximum absolute atomic E-state index is 13.9. The number of halogens is 1. The largest absolute Gasteiger partial charge is 0.346 e. The number of ether oxygens (including phenoxy) is 2. The second-order valence-corrected chi connectivity index (χ2v) is 6.76. The minimum Gasteiger partial charge on any atom is -0.346 e. The Morgan fingerprint density at radius 1 is 1.19 bits per heavy atom. The van der Waals surface area contributed by atoms with Gasteiger partial charge in [-0.15, -0.1) is 0 Å². The van der Waals surface area contributed by atoms with Gasteiger partial charge in [-0.2, -0.15) is 0 Å². The predicted octanol–water partition coefficient (Wildman–Crippen LogP) is 3.29. The van der Waals surface area contributed by atoms with Crippen LogP contribution in [0.4, 0.5) is 4.39 Å². The summed E-state index contributed by atoms with van der Waals surface area (Å²) in [6.45, 7) is 1.81. The van der Waals surface area contributed by atoms with E-state index in [0.717, 1.165) is 5.56 Å². The molecule has 1 saturated heterocycles. The zero-order valence-corrected chi connectivity index (χ0v) is 12.2. The summed E-state index contributed by atoms with van der Waals surface area (Å²) < 4.78 is 24.9. The van der Waals surface area contributed by atoms with Gasteiger partial charge in [0.25, 0.3) is 0 Å². The van der Waals surface area contributed by atoms with Gasteiger partial charge in [-0.1, -0.05) is 12.5 Å². The molecule has 3 fully saturated rings. The van der Waals surface area contributed by atoms with Crippen LogP contribution in [0.3, 0.4) is 0 Å². The molecule has 0 radical (unpaired) electrons. The fourth-order valence-electron chi connectivity index (χ4n) is 3.90. The minimum atomic E-state index is -0.328. The van der Waals surface area contributed by atoms with Gasteiger partial charge in [-0.25, -0.2) is 4.39 Å². The molecule has 4 rings (SSSR count). The molecule has 1 aliphatic heterocycles. The van der Waals surface area contributed by atoms with Crippen LogP contribution in [0.2, 0.25) is 0 Å². The fourth-order valence-corrected chi connectivity index (χ4v) is 3.90. The molecule has 3 nitrogen and oxygen atoms in total. The van der Waals surface area contributed by atoms with E-state index in [2.05, 4.69) is 5.32 Å². The maximum atomic E-state index is 13.9. The third kappa shape index (κ3) is 2.60. The predicted molar refractivity (Wildman–Crippen MR) is 77.2 cm³/mol. The molecule has 4 heteroatoms. The van der Waals surface area contributed by atoms with Gasteiger partial charge >= 0.3 is 0 Å². The zero-order valence-electron chi connectivity index (χ0n) is 12.2. The third-order valence-corrected chi connectivity index (χ3v) is 5.32. The first kappa shape index (κ1) is 13.7. The Morgan fingerprint density at radius 3 is 2.62 bits per heavy atom. The molecule has 1 aromatic carbocycles. The summed E-state index contributed by atoms with van der Waals surface area (Å²) in [7, 11) is 0. The minimum absolute atomic E-state index is 0.151. The van der Waals surface area contributed by atoms with Crippen LogP contribution in [0.15, 0.2) is 18.2 Å². The van der Waals surface area contributed by atoms with E-state index in [4.69, 9.17) is 9.47 Å². The summed E-state index contributed by atoms with van der Waals surface area (Å²) in [5.74, 6) is -0.151. The van der Waals surface area contributed by atoms with Crippen molar-refractivity contribution < 1.29 is 13.9 Å². The molecule has 1 heterocycles. The van der Waals surface area contributed by atoms with Crippen molar-refractivity contribution in [3.63, 3.8) is 0 Å². The van der Waals surface area contributed by atoms with Crippen molar-refractivity contribution >= 4 is 0 Å². The highest BCUT2D eigenvalue weighted by Crippen LogP contribution is 2.55. The molecule has 1 N–H and O–H groups in total. The highest BCUT2D eigenvalue weighted by Gasteiger charge is 2.47. The molecular formula is C17H22FNO2. The summed E-state index contributed by atoms with van der Waals surface area (Å²) in [5.41, 5.74) is 2.28. The summed E-state index contributed by atoms with van der Waals surface area (Å²) in [6, 6.07) is 5.70. The molecule has 0 unspecified atom stereocenters. The summed E-state index contributed by atoms with van der Waals surface area (Å²) in [4.78, 5) is 0. The van der Waals surface area contributed by atoms with E-state index in [0.29, 0.717) is 36.8 Å². The van der Waals surface area contributed by atoms with Crippen LogP contribution >= 0.6 is 0 Å².